The Hall–Kier alpha value is -1.68. The first-order valence-corrected chi connectivity index (χ1v) is 7.31. The molecule has 1 heterocycles. The van der Waals surface area contributed by atoms with Crippen LogP contribution in [0.4, 0.5) is 0 Å². The van der Waals surface area contributed by atoms with Crippen LogP contribution in [0.1, 0.15) is 24.2 Å². The first-order valence-electron chi connectivity index (χ1n) is 7.31. The Bertz CT molecular complexity index is 587. The summed E-state index contributed by atoms with van der Waals surface area (Å²) in [6.45, 7) is 2.59. The van der Waals surface area contributed by atoms with E-state index < -0.39 is 5.79 Å². The maximum atomic E-state index is 11.0. The second-order valence-corrected chi connectivity index (χ2v) is 5.76. The van der Waals surface area contributed by atoms with Crippen molar-refractivity contribution in [3.05, 3.63) is 71.8 Å². The zero-order valence-corrected chi connectivity index (χ0v) is 12.4. The van der Waals surface area contributed by atoms with Crippen LogP contribution in [0, 0.1) is 0 Å². The molecule has 1 N–H and O–H groups in total. The Kier molecular flexibility index (Phi) is 3.81. The summed E-state index contributed by atoms with van der Waals surface area (Å²) in [5.41, 5.74) is 1.88. The van der Waals surface area contributed by atoms with Gasteiger partial charge in [0, 0.05) is 11.6 Å². The Labute approximate surface area is 125 Å². The van der Waals surface area contributed by atoms with Crippen molar-refractivity contribution in [3.8, 4) is 0 Å². The molecule has 0 amide bonds. The van der Waals surface area contributed by atoms with E-state index in [9.17, 15) is 5.11 Å². The Balaban J connectivity index is 1.95. The van der Waals surface area contributed by atoms with Gasteiger partial charge in [-0.2, -0.15) is 0 Å². The standard InChI is InChI=1S/C18H21NO2/c1-14-17(15-9-5-3-6-10-15)21-18(20,13-19(14)2)16-11-7-4-8-12-16/h3-12,14,17,20H,13H2,1-2H3/t14-,17+,18-/m1/s1. The molecule has 3 heteroatoms. The highest BCUT2D eigenvalue weighted by molar-refractivity contribution is 5.24. The number of aliphatic hydroxyl groups is 1. The van der Waals surface area contributed by atoms with Gasteiger partial charge in [0.15, 0.2) is 0 Å². The molecule has 1 aliphatic rings. The van der Waals surface area contributed by atoms with Gasteiger partial charge in [-0.25, -0.2) is 0 Å². The average molecular weight is 283 g/mol. The van der Waals surface area contributed by atoms with Crippen molar-refractivity contribution in [1.82, 2.24) is 4.90 Å². The SMILES string of the molecule is C[C@@H]1[C@@H](c2ccccc2)O[C@@](O)(c2ccccc2)CN1C. The molecule has 0 aliphatic carbocycles. The van der Waals surface area contributed by atoms with E-state index >= 15 is 0 Å². The number of β-amino-alcohol motifs (C(OH)–C–C–N with tert-alkyl or cyclic N) is 1. The fraction of sp³-hybridized carbons (Fsp3) is 0.333. The van der Waals surface area contributed by atoms with Crippen LogP contribution >= 0.6 is 0 Å². The van der Waals surface area contributed by atoms with Crippen molar-refractivity contribution in [2.75, 3.05) is 13.6 Å². The molecule has 110 valence electrons. The predicted molar refractivity (Wildman–Crippen MR) is 82.7 cm³/mol. The molecule has 2 aromatic carbocycles. The molecule has 1 saturated heterocycles. The molecular weight excluding hydrogens is 262 g/mol. The third kappa shape index (κ3) is 2.72. The van der Waals surface area contributed by atoms with Crippen LogP contribution in [0.25, 0.3) is 0 Å². The van der Waals surface area contributed by atoms with Crippen molar-refractivity contribution in [2.24, 2.45) is 0 Å². The van der Waals surface area contributed by atoms with Crippen LogP contribution in [0.15, 0.2) is 60.7 Å². The molecule has 21 heavy (non-hydrogen) atoms. The molecule has 1 fully saturated rings. The molecule has 0 saturated carbocycles. The van der Waals surface area contributed by atoms with Gasteiger partial charge in [-0.15, -0.1) is 0 Å². The van der Waals surface area contributed by atoms with Gasteiger partial charge >= 0.3 is 0 Å². The van der Waals surface area contributed by atoms with E-state index in [1.165, 1.54) is 0 Å². The molecule has 0 spiro atoms. The van der Waals surface area contributed by atoms with Crippen molar-refractivity contribution in [2.45, 2.75) is 24.9 Å². The summed E-state index contributed by atoms with van der Waals surface area (Å²) in [4.78, 5) is 2.15. The van der Waals surface area contributed by atoms with Gasteiger partial charge in [-0.3, -0.25) is 4.90 Å². The molecule has 3 rings (SSSR count). The van der Waals surface area contributed by atoms with Crippen molar-refractivity contribution < 1.29 is 9.84 Å². The molecule has 0 aromatic heterocycles. The van der Waals surface area contributed by atoms with E-state index in [1.54, 1.807) is 0 Å². The van der Waals surface area contributed by atoms with Gasteiger partial charge < -0.3 is 9.84 Å². The lowest BCUT2D eigenvalue weighted by molar-refractivity contribution is -0.289. The smallest absolute Gasteiger partial charge is 0.206 e. The molecule has 3 atom stereocenters. The van der Waals surface area contributed by atoms with Gasteiger partial charge in [-0.1, -0.05) is 60.7 Å². The second kappa shape index (κ2) is 5.60. The zero-order valence-electron chi connectivity index (χ0n) is 12.4. The number of benzene rings is 2. The molecule has 0 radical (unpaired) electrons. The first-order chi connectivity index (χ1) is 10.1. The minimum atomic E-state index is -1.27. The van der Waals surface area contributed by atoms with E-state index in [0.717, 1.165) is 11.1 Å². The van der Waals surface area contributed by atoms with Gasteiger partial charge in [0.25, 0.3) is 0 Å². The van der Waals surface area contributed by atoms with E-state index in [-0.39, 0.29) is 12.1 Å². The van der Waals surface area contributed by atoms with Crippen LogP contribution in [0.5, 0.6) is 0 Å². The number of likely N-dealkylation sites (N-methyl/N-ethyl adjacent to an activating group) is 1. The topological polar surface area (TPSA) is 32.7 Å². The van der Waals surface area contributed by atoms with Crippen LogP contribution in [0.3, 0.4) is 0 Å². The molecule has 0 bridgehead atoms. The van der Waals surface area contributed by atoms with E-state index in [2.05, 4.69) is 11.8 Å². The molecule has 1 aliphatic heterocycles. The lowest BCUT2D eigenvalue weighted by Crippen LogP contribution is -2.53. The van der Waals surface area contributed by atoms with Crippen LogP contribution in [0.2, 0.25) is 0 Å². The van der Waals surface area contributed by atoms with Gasteiger partial charge in [0.2, 0.25) is 5.79 Å². The van der Waals surface area contributed by atoms with Crippen molar-refractivity contribution in [3.63, 3.8) is 0 Å². The number of nitrogens with zero attached hydrogens (tertiary/aromatic N) is 1. The lowest BCUT2D eigenvalue weighted by Gasteiger charge is -2.46. The third-order valence-corrected chi connectivity index (χ3v) is 4.27. The Morgan fingerprint density at radius 2 is 1.62 bits per heavy atom. The average Bonchev–Trinajstić information content (AvgIpc) is 2.53. The Morgan fingerprint density at radius 1 is 1.05 bits per heavy atom. The molecule has 0 unspecified atom stereocenters. The number of hydrogen-bond acceptors (Lipinski definition) is 3. The van der Waals surface area contributed by atoms with Crippen molar-refractivity contribution in [1.29, 1.82) is 0 Å². The summed E-state index contributed by atoms with van der Waals surface area (Å²) < 4.78 is 6.14. The second-order valence-electron chi connectivity index (χ2n) is 5.76. The monoisotopic (exact) mass is 283 g/mol. The zero-order chi connectivity index (χ0) is 14.9. The molecule has 3 nitrogen and oxygen atoms in total. The normalized spacial score (nSPS) is 30.2. The fourth-order valence-electron chi connectivity index (χ4n) is 2.91. The number of rotatable bonds is 2. The third-order valence-electron chi connectivity index (χ3n) is 4.27. The number of ether oxygens (including phenoxy) is 1. The van der Waals surface area contributed by atoms with Crippen LogP contribution in [-0.2, 0) is 10.5 Å². The molecule has 2 aromatic rings. The van der Waals surface area contributed by atoms with Crippen molar-refractivity contribution >= 4 is 0 Å². The van der Waals surface area contributed by atoms with Gasteiger partial charge in [0.1, 0.15) is 6.10 Å². The maximum Gasteiger partial charge on any atom is 0.206 e. The molecular formula is C18H21NO2. The minimum absolute atomic E-state index is 0.157. The summed E-state index contributed by atoms with van der Waals surface area (Å²) in [6, 6.07) is 19.9. The first kappa shape index (κ1) is 14.3. The predicted octanol–water partition coefficient (Wildman–Crippen LogP) is 2.92. The lowest BCUT2D eigenvalue weighted by atomic mass is 9.96. The number of morpholine rings is 1. The summed E-state index contributed by atoms with van der Waals surface area (Å²) in [6.07, 6.45) is -0.157. The largest absolute Gasteiger partial charge is 0.361 e. The van der Waals surface area contributed by atoms with Crippen LogP contribution < -0.4 is 0 Å². The summed E-state index contributed by atoms with van der Waals surface area (Å²) in [7, 11) is 2.02. The fourth-order valence-corrected chi connectivity index (χ4v) is 2.91. The summed E-state index contributed by atoms with van der Waals surface area (Å²) >= 11 is 0. The van der Waals surface area contributed by atoms with E-state index in [1.807, 2.05) is 67.7 Å². The highest BCUT2D eigenvalue weighted by atomic mass is 16.6. The van der Waals surface area contributed by atoms with E-state index in [4.69, 9.17) is 4.74 Å². The summed E-state index contributed by atoms with van der Waals surface area (Å²) in [5.74, 6) is -1.27. The Morgan fingerprint density at radius 3 is 2.24 bits per heavy atom. The highest BCUT2D eigenvalue weighted by Gasteiger charge is 2.43. The van der Waals surface area contributed by atoms with Gasteiger partial charge in [-0.05, 0) is 19.5 Å². The van der Waals surface area contributed by atoms with E-state index in [0.29, 0.717) is 6.54 Å². The quantitative estimate of drug-likeness (QED) is 0.920. The highest BCUT2D eigenvalue weighted by Crippen LogP contribution is 2.38. The number of hydrogen-bond donors (Lipinski definition) is 1. The van der Waals surface area contributed by atoms with Gasteiger partial charge in [0.05, 0.1) is 6.54 Å². The maximum absolute atomic E-state index is 11.0. The van der Waals surface area contributed by atoms with Crippen LogP contribution in [-0.4, -0.2) is 29.6 Å². The minimum Gasteiger partial charge on any atom is -0.361 e. The summed E-state index contributed by atoms with van der Waals surface area (Å²) in [5, 5.41) is 11.0.